The van der Waals surface area contributed by atoms with Crippen molar-refractivity contribution in [3.8, 4) is 5.69 Å². The summed E-state index contributed by atoms with van der Waals surface area (Å²) in [7, 11) is -3.30. The van der Waals surface area contributed by atoms with E-state index in [0.717, 1.165) is 5.69 Å². The molecule has 0 aliphatic carbocycles. The fourth-order valence-electron chi connectivity index (χ4n) is 1.52. The van der Waals surface area contributed by atoms with Crippen molar-refractivity contribution in [3.63, 3.8) is 0 Å². The van der Waals surface area contributed by atoms with Gasteiger partial charge in [-0.15, -0.1) is 0 Å². The molecule has 4 nitrogen and oxygen atoms in total. The Labute approximate surface area is 107 Å². The summed E-state index contributed by atoms with van der Waals surface area (Å²) >= 11 is 0. The summed E-state index contributed by atoms with van der Waals surface area (Å²) in [4.78, 5) is 0. The van der Waals surface area contributed by atoms with Crippen LogP contribution < -0.4 is 4.72 Å². The number of nitrogens with one attached hydrogen (secondary N) is 1. The minimum atomic E-state index is -3.30. The Morgan fingerprint density at radius 1 is 1.11 bits per heavy atom. The standard InChI is InChI=1S/C13H16N2O2S/c1-11(2)18(16,17)14-12-6-5-7-13(10-12)15-8-3-4-9-15/h3-11,14H,1-2H3. The first-order valence-corrected chi connectivity index (χ1v) is 7.29. The van der Waals surface area contributed by atoms with Gasteiger partial charge in [0.25, 0.3) is 0 Å². The zero-order chi connectivity index (χ0) is 13.2. The predicted octanol–water partition coefficient (Wildman–Crippen LogP) is 2.63. The summed E-state index contributed by atoms with van der Waals surface area (Å²) in [6.07, 6.45) is 3.83. The maximum Gasteiger partial charge on any atom is 0.235 e. The number of nitrogens with zero attached hydrogens (tertiary/aromatic N) is 1. The van der Waals surface area contributed by atoms with E-state index < -0.39 is 15.3 Å². The van der Waals surface area contributed by atoms with Crippen molar-refractivity contribution in [3.05, 3.63) is 48.8 Å². The van der Waals surface area contributed by atoms with E-state index in [4.69, 9.17) is 0 Å². The van der Waals surface area contributed by atoms with Crippen LogP contribution in [-0.2, 0) is 10.0 Å². The van der Waals surface area contributed by atoms with Crippen LogP contribution in [0.3, 0.4) is 0 Å². The van der Waals surface area contributed by atoms with Gasteiger partial charge in [0, 0.05) is 18.1 Å². The molecule has 0 unspecified atom stereocenters. The quantitative estimate of drug-likeness (QED) is 0.923. The van der Waals surface area contributed by atoms with Crippen LogP contribution >= 0.6 is 0 Å². The molecule has 0 saturated heterocycles. The third-order valence-electron chi connectivity index (χ3n) is 2.63. The second-order valence-corrected chi connectivity index (χ2v) is 6.57. The first kappa shape index (κ1) is 12.7. The van der Waals surface area contributed by atoms with E-state index in [0.29, 0.717) is 5.69 Å². The summed E-state index contributed by atoms with van der Waals surface area (Å²) in [5, 5.41) is -0.451. The van der Waals surface area contributed by atoms with Gasteiger partial charge in [-0.25, -0.2) is 8.42 Å². The number of anilines is 1. The lowest BCUT2D eigenvalue weighted by molar-refractivity contribution is 0.593. The molecule has 1 aromatic carbocycles. The molecule has 1 aromatic heterocycles. The summed E-state index contributed by atoms with van der Waals surface area (Å²) in [5.41, 5.74) is 1.50. The van der Waals surface area contributed by atoms with Crippen molar-refractivity contribution >= 4 is 15.7 Å². The van der Waals surface area contributed by atoms with Crippen LogP contribution in [0, 0.1) is 0 Å². The van der Waals surface area contributed by atoms with E-state index in [-0.39, 0.29) is 0 Å². The molecule has 0 bridgehead atoms. The molecule has 0 amide bonds. The van der Waals surface area contributed by atoms with Gasteiger partial charge >= 0.3 is 0 Å². The molecule has 5 heteroatoms. The maximum absolute atomic E-state index is 11.8. The summed E-state index contributed by atoms with van der Waals surface area (Å²) in [6, 6.07) is 11.1. The predicted molar refractivity (Wildman–Crippen MR) is 73.4 cm³/mol. The van der Waals surface area contributed by atoms with Crippen LogP contribution in [0.15, 0.2) is 48.8 Å². The van der Waals surface area contributed by atoms with Crippen LogP contribution in [0.5, 0.6) is 0 Å². The molecule has 1 N–H and O–H groups in total. The van der Waals surface area contributed by atoms with Gasteiger partial charge in [0.1, 0.15) is 0 Å². The van der Waals surface area contributed by atoms with E-state index in [1.54, 1.807) is 26.0 Å². The SMILES string of the molecule is CC(C)S(=O)(=O)Nc1cccc(-n2cccc2)c1. The summed E-state index contributed by atoms with van der Waals surface area (Å²) in [5.74, 6) is 0. The fourth-order valence-corrected chi connectivity index (χ4v) is 2.21. The molecule has 2 rings (SSSR count). The lowest BCUT2D eigenvalue weighted by Crippen LogP contribution is -2.22. The Hall–Kier alpha value is -1.75. The number of hydrogen-bond donors (Lipinski definition) is 1. The van der Waals surface area contributed by atoms with Crippen LogP contribution in [0.25, 0.3) is 5.69 Å². The van der Waals surface area contributed by atoms with Crippen molar-refractivity contribution in [1.82, 2.24) is 4.57 Å². The molecule has 0 saturated carbocycles. The first-order chi connectivity index (χ1) is 8.49. The molecule has 0 atom stereocenters. The number of sulfonamides is 1. The Kier molecular flexibility index (Phi) is 3.43. The second kappa shape index (κ2) is 4.86. The van der Waals surface area contributed by atoms with Gasteiger partial charge in [-0.2, -0.15) is 0 Å². The van der Waals surface area contributed by atoms with Crippen molar-refractivity contribution in [1.29, 1.82) is 0 Å². The highest BCUT2D eigenvalue weighted by Gasteiger charge is 2.15. The lowest BCUT2D eigenvalue weighted by atomic mass is 10.3. The minimum absolute atomic E-state index is 0.451. The Morgan fingerprint density at radius 2 is 1.78 bits per heavy atom. The average molecular weight is 264 g/mol. The number of aromatic nitrogens is 1. The largest absolute Gasteiger partial charge is 0.324 e. The smallest absolute Gasteiger partial charge is 0.235 e. The first-order valence-electron chi connectivity index (χ1n) is 5.74. The molecule has 1 heterocycles. The van der Waals surface area contributed by atoms with Gasteiger partial charge < -0.3 is 4.57 Å². The molecule has 18 heavy (non-hydrogen) atoms. The molecule has 0 fully saturated rings. The molecule has 0 spiro atoms. The molecule has 0 aliphatic rings. The Balaban J connectivity index is 2.29. The molecule has 0 radical (unpaired) electrons. The monoisotopic (exact) mass is 264 g/mol. The zero-order valence-electron chi connectivity index (χ0n) is 10.4. The van der Waals surface area contributed by atoms with Gasteiger partial charge in [-0.05, 0) is 44.2 Å². The molecular formula is C13H16N2O2S. The van der Waals surface area contributed by atoms with Crippen LogP contribution in [0.4, 0.5) is 5.69 Å². The van der Waals surface area contributed by atoms with Gasteiger partial charge in [0.15, 0.2) is 0 Å². The van der Waals surface area contributed by atoms with Crippen LogP contribution in [0.2, 0.25) is 0 Å². The van der Waals surface area contributed by atoms with Crippen LogP contribution in [0.1, 0.15) is 13.8 Å². The van der Waals surface area contributed by atoms with E-state index in [9.17, 15) is 8.42 Å². The van der Waals surface area contributed by atoms with E-state index in [2.05, 4.69) is 4.72 Å². The lowest BCUT2D eigenvalue weighted by Gasteiger charge is -2.12. The third-order valence-corrected chi connectivity index (χ3v) is 4.39. The highest BCUT2D eigenvalue weighted by molar-refractivity contribution is 7.93. The van der Waals surface area contributed by atoms with Crippen molar-refractivity contribution in [2.45, 2.75) is 19.1 Å². The van der Waals surface area contributed by atoms with E-state index in [1.807, 2.05) is 41.2 Å². The van der Waals surface area contributed by atoms with Crippen molar-refractivity contribution in [2.24, 2.45) is 0 Å². The van der Waals surface area contributed by atoms with Crippen molar-refractivity contribution in [2.75, 3.05) is 4.72 Å². The molecule has 2 aromatic rings. The zero-order valence-corrected chi connectivity index (χ0v) is 11.2. The van der Waals surface area contributed by atoms with Crippen LogP contribution in [-0.4, -0.2) is 18.2 Å². The Morgan fingerprint density at radius 3 is 2.39 bits per heavy atom. The highest BCUT2D eigenvalue weighted by Crippen LogP contribution is 2.17. The topological polar surface area (TPSA) is 51.1 Å². The maximum atomic E-state index is 11.8. The number of benzene rings is 1. The summed E-state index contributed by atoms with van der Waals surface area (Å²) in [6.45, 7) is 3.30. The molecule has 96 valence electrons. The molecule has 0 aliphatic heterocycles. The average Bonchev–Trinajstić information content (AvgIpc) is 2.82. The molecular weight excluding hydrogens is 248 g/mol. The number of rotatable bonds is 4. The third kappa shape index (κ3) is 2.73. The van der Waals surface area contributed by atoms with Gasteiger partial charge in [-0.3, -0.25) is 4.72 Å². The Bertz CT molecular complexity index is 616. The summed E-state index contributed by atoms with van der Waals surface area (Å²) < 4.78 is 28.1. The van der Waals surface area contributed by atoms with E-state index in [1.165, 1.54) is 0 Å². The van der Waals surface area contributed by atoms with Gasteiger partial charge in [0.2, 0.25) is 10.0 Å². The number of hydrogen-bond acceptors (Lipinski definition) is 2. The second-order valence-electron chi connectivity index (χ2n) is 4.34. The van der Waals surface area contributed by atoms with Gasteiger partial charge in [0.05, 0.1) is 10.9 Å². The van der Waals surface area contributed by atoms with E-state index >= 15 is 0 Å². The normalized spacial score (nSPS) is 11.7. The minimum Gasteiger partial charge on any atom is -0.324 e. The van der Waals surface area contributed by atoms with Crippen molar-refractivity contribution < 1.29 is 8.42 Å². The fraction of sp³-hybridized carbons (Fsp3) is 0.231. The highest BCUT2D eigenvalue weighted by atomic mass is 32.2. The van der Waals surface area contributed by atoms with Gasteiger partial charge in [-0.1, -0.05) is 6.07 Å².